The highest BCUT2D eigenvalue weighted by molar-refractivity contribution is 6.38. The van der Waals surface area contributed by atoms with Crippen LogP contribution in [0.1, 0.15) is 27.2 Å². The minimum absolute atomic E-state index is 0. The Morgan fingerprint density at radius 1 is 0.962 bits per heavy atom. The highest BCUT2D eigenvalue weighted by Crippen LogP contribution is 2.37. The first-order valence-electron chi connectivity index (χ1n) is 15.4. The Morgan fingerprint density at radius 2 is 1.63 bits per heavy atom. The van der Waals surface area contributed by atoms with E-state index in [0.717, 1.165) is 40.9 Å². The number of aryl methyl sites for hydroxylation is 1. The summed E-state index contributed by atoms with van der Waals surface area (Å²) in [7, 11) is 4.94. The number of hydrogen-bond donors (Lipinski definition) is 1. The third-order valence-electron chi connectivity index (χ3n) is 7.94. The van der Waals surface area contributed by atoms with Gasteiger partial charge in [0.05, 0.1) is 30.5 Å². The van der Waals surface area contributed by atoms with Crippen LogP contribution in [0, 0.1) is 6.92 Å². The number of pyridine rings is 1. The molecule has 0 aliphatic carbocycles. The molecule has 1 aliphatic rings. The van der Waals surface area contributed by atoms with Crippen LogP contribution in [0.5, 0.6) is 5.75 Å². The van der Waals surface area contributed by atoms with Crippen molar-refractivity contribution < 1.29 is 23.9 Å². The van der Waals surface area contributed by atoms with Gasteiger partial charge in [-0.1, -0.05) is 47.5 Å². The van der Waals surface area contributed by atoms with Crippen LogP contribution in [-0.4, -0.2) is 81.6 Å². The maximum Gasteiger partial charge on any atom is 0.253 e. The molecule has 5 rings (SSSR count). The number of halogens is 6. The van der Waals surface area contributed by atoms with Crippen LogP contribution >= 0.6 is 72.8 Å². The number of nitrogens with one attached hydrogen (secondary N) is 1. The highest BCUT2D eigenvalue weighted by Gasteiger charge is 2.21. The molecule has 1 fully saturated rings. The number of morpholine rings is 1. The van der Waals surface area contributed by atoms with Crippen LogP contribution in [0.4, 0.5) is 11.4 Å². The Morgan fingerprint density at radius 3 is 2.29 bits per heavy atom. The molecule has 3 aromatic carbocycles. The van der Waals surface area contributed by atoms with E-state index in [1.807, 2.05) is 25.1 Å². The minimum Gasteiger partial charge on any atom is -0.487 e. The summed E-state index contributed by atoms with van der Waals surface area (Å²) in [5.74, 6) is -0.357. The van der Waals surface area contributed by atoms with Crippen LogP contribution in [0.25, 0.3) is 17.0 Å². The summed E-state index contributed by atoms with van der Waals surface area (Å²) in [6, 6.07) is 18.1. The third kappa shape index (κ3) is 11.3. The fourth-order valence-corrected chi connectivity index (χ4v) is 5.89. The topological polar surface area (TPSA) is 104 Å². The first-order chi connectivity index (χ1) is 23.0. The van der Waals surface area contributed by atoms with Gasteiger partial charge in [-0.25, -0.2) is 4.98 Å². The molecule has 0 radical (unpaired) electrons. The second-order valence-corrected chi connectivity index (χ2v) is 12.3. The van der Waals surface area contributed by atoms with Crippen LogP contribution in [-0.2, 0) is 20.9 Å². The second kappa shape index (κ2) is 21.3. The number of para-hydroxylation sites is 1. The van der Waals surface area contributed by atoms with Crippen molar-refractivity contribution in [2.24, 2.45) is 0 Å². The van der Waals surface area contributed by atoms with Gasteiger partial charge in [-0.05, 0) is 55.0 Å². The van der Waals surface area contributed by atoms with Gasteiger partial charge < -0.3 is 29.5 Å². The predicted octanol–water partition coefficient (Wildman–Crippen LogP) is 7.45. The molecule has 0 unspecified atom stereocenters. The van der Waals surface area contributed by atoms with Crippen LogP contribution in [0.3, 0.4) is 0 Å². The van der Waals surface area contributed by atoms with Gasteiger partial charge in [0.25, 0.3) is 5.91 Å². The molecular weight excluding hydrogens is 795 g/mol. The molecule has 0 bridgehead atoms. The van der Waals surface area contributed by atoms with E-state index in [0.29, 0.717) is 40.8 Å². The quantitative estimate of drug-likeness (QED) is 0.166. The number of rotatable bonds is 10. The number of amides is 3. The molecule has 0 saturated carbocycles. The van der Waals surface area contributed by atoms with E-state index < -0.39 is 5.91 Å². The van der Waals surface area contributed by atoms with Crippen LogP contribution < -0.4 is 19.9 Å². The zero-order valence-corrected chi connectivity index (χ0v) is 33.7. The van der Waals surface area contributed by atoms with E-state index in [1.165, 1.54) is 15.9 Å². The molecule has 1 aliphatic heterocycles. The lowest BCUT2D eigenvalue weighted by Crippen LogP contribution is -2.37. The van der Waals surface area contributed by atoms with Gasteiger partial charge in [-0.3, -0.25) is 14.4 Å². The first-order valence-corrected chi connectivity index (χ1v) is 16.2. The zero-order valence-electron chi connectivity index (χ0n) is 28.9. The maximum atomic E-state index is 13.1. The number of aromatic nitrogens is 1. The average molecular weight is 836 g/mol. The van der Waals surface area contributed by atoms with Crippen LogP contribution in [0.2, 0.25) is 10.0 Å². The zero-order chi connectivity index (χ0) is 34.4. The summed E-state index contributed by atoms with van der Waals surface area (Å²) in [6.07, 6.45) is 2.93. The smallest absolute Gasteiger partial charge is 0.253 e. The fraction of sp³-hybridized carbons (Fsp3) is 0.278. The number of carbonyl (C=O) groups is 3. The van der Waals surface area contributed by atoms with Gasteiger partial charge in [0.1, 0.15) is 17.9 Å². The molecule has 52 heavy (non-hydrogen) atoms. The van der Waals surface area contributed by atoms with Gasteiger partial charge in [0.15, 0.2) is 0 Å². The highest BCUT2D eigenvalue weighted by atomic mass is 35.5. The number of carbonyl (C=O) groups excluding carboxylic acids is 3. The van der Waals surface area contributed by atoms with Crippen LogP contribution in [0.15, 0.2) is 66.7 Å². The number of anilines is 2. The summed E-state index contributed by atoms with van der Waals surface area (Å²) >= 11 is 13.4. The molecular formula is C36H41Cl6N5O5. The van der Waals surface area contributed by atoms with E-state index in [4.69, 9.17) is 37.7 Å². The van der Waals surface area contributed by atoms with Gasteiger partial charge >= 0.3 is 0 Å². The van der Waals surface area contributed by atoms with E-state index in [-0.39, 0.29) is 79.6 Å². The number of likely N-dealkylation sites (N-methyl/N-ethyl adjacent to an activating group) is 1. The number of hydrogen-bond acceptors (Lipinski definition) is 7. The molecule has 1 N–H and O–H groups in total. The standard InChI is InChI=1S/C36H37Cl2N5O5.4ClH/c1-23-20-30(43-16-18-47-19-17-43)26-6-5-7-31(35(26)40-23)48-22-27-28(37)13-14-29(34(27)38)42(4)33(45)21-39-32(44)15-10-24-8-11-25(12-9-24)36(46)41(2)3;;;;/h5-15,20H,16-19,21-22H2,1-4H3,(H,39,44);4*1H/b15-10+;;;;. The van der Waals surface area contributed by atoms with Crippen molar-refractivity contribution in [3.05, 3.63) is 99.2 Å². The lowest BCUT2D eigenvalue weighted by atomic mass is 10.1. The molecule has 1 saturated heterocycles. The van der Waals surface area contributed by atoms with Crippen molar-refractivity contribution in [1.82, 2.24) is 15.2 Å². The molecule has 10 nitrogen and oxygen atoms in total. The third-order valence-corrected chi connectivity index (χ3v) is 8.71. The van der Waals surface area contributed by atoms with Gasteiger partial charge in [-0.15, -0.1) is 49.6 Å². The monoisotopic (exact) mass is 833 g/mol. The van der Waals surface area contributed by atoms with Gasteiger partial charge in [0.2, 0.25) is 11.8 Å². The SMILES string of the molecule is Cc1cc(N2CCOCC2)c2cccc(OCc3c(Cl)ccc(N(C)C(=O)CNC(=O)/C=C/c4ccc(C(=O)N(C)C)cc4)c3Cl)c2n1.Cl.Cl.Cl.Cl. The van der Waals surface area contributed by atoms with Crippen molar-refractivity contribution in [2.45, 2.75) is 13.5 Å². The average Bonchev–Trinajstić information content (AvgIpc) is 3.09. The Labute approximate surface area is 338 Å². The Bertz CT molecular complexity index is 1870. The van der Waals surface area contributed by atoms with Crippen molar-refractivity contribution in [1.29, 1.82) is 0 Å². The van der Waals surface area contributed by atoms with Crippen molar-refractivity contribution in [3.63, 3.8) is 0 Å². The molecule has 4 aromatic rings. The molecule has 3 amide bonds. The summed E-state index contributed by atoms with van der Waals surface area (Å²) < 4.78 is 11.8. The normalized spacial score (nSPS) is 12.1. The molecule has 282 valence electrons. The largest absolute Gasteiger partial charge is 0.487 e. The number of ether oxygens (including phenoxy) is 2. The maximum absolute atomic E-state index is 13.1. The Kier molecular flexibility index (Phi) is 19.0. The minimum atomic E-state index is -0.447. The van der Waals surface area contributed by atoms with Gasteiger partial charge in [-0.2, -0.15) is 0 Å². The van der Waals surface area contributed by atoms with E-state index in [2.05, 4.69) is 16.3 Å². The summed E-state index contributed by atoms with van der Waals surface area (Å²) in [4.78, 5) is 47.5. The second-order valence-electron chi connectivity index (χ2n) is 11.5. The summed E-state index contributed by atoms with van der Waals surface area (Å²) in [5, 5.41) is 4.23. The molecule has 2 heterocycles. The first kappa shape index (κ1) is 46.5. The van der Waals surface area contributed by atoms with E-state index in [9.17, 15) is 14.4 Å². The van der Waals surface area contributed by atoms with Gasteiger partial charge in [0, 0.05) is 73.2 Å². The number of nitrogens with zero attached hydrogens (tertiary/aromatic N) is 4. The lowest BCUT2D eigenvalue weighted by molar-refractivity contribution is -0.122. The molecule has 0 spiro atoms. The summed E-state index contributed by atoms with van der Waals surface area (Å²) in [6.45, 7) is 4.68. The molecule has 0 atom stereocenters. The number of fused-ring (bicyclic) bond motifs is 1. The lowest BCUT2D eigenvalue weighted by Gasteiger charge is -2.30. The van der Waals surface area contributed by atoms with Crippen molar-refractivity contribution in [2.75, 3.05) is 63.8 Å². The number of benzene rings is 3. The molecule has 16 heteroatoms. The van der Waals surface area contributed by atoms with E-state index in [1.54, 1.807) is 63.6 Å². The predicted molar refractivity (Wildman–Crippen MR) is 219 cm³/mol. The Balaban J connectivity index is 0.00000338. The molecule has 1 aromatic heterocycles. The Hall–Kier alpha value is -3.48. The fourth-order valence-electron chi connectivity index (χ4n) is 5.28. The summed E-state index contributed by atoms with van der Waals surface area (Å²) in [5.41, 5.74) is 4.90. The van der Waals surface area contributed by atoms with Crippen molar-refractivity contribution >= 4 is 119 Å². The van der Waals surface area contributed by atoms with Crippen molar-refractivity contribution in [3.8, 4) is 5.75 Å². The van der Waals surface area contributed by atoms with E-state index >= 15 is 0 Å².